The van der Waals surface area contributed by atoms with E-state index in [2.05, 4.69) is 42.5 Å². The van der Waals surface area contributed by atoms with E-state index in [4.69, 9.17) is 0 Å². The molecule has 0 saturated carbocycles. The zero-order chi connectivity index (χ0) is 14.7. The molecule has 0 spiro atoms. The van der Waals surface area contributed by atoms with E-state index in [0.717, 1.165) is 30.0 Å². The van der Waals surface area contributed by atoms with Gasteiger partial charge in [-0.1, -0.05) is 6.92 Å². The molecule has 108 valence electrons. The Kier molecular flexibility index (Phi) is 3.59. The summed E-state index contributed by atoms with van der Waals surface area (Å²) >= 11 is 0. The highest BCUT2D eigenvalue weighted by atomic mass is 15.2. The molecule has 3 aromatic heterocycles. The third kappa shape index (κ3) is 2.88. The number of nitrogens with zero attached hydrogens (tertiary/aromatic N) is 6. The smallest absolute Gasteiger partial charge is 0.199 e. The Labute approximate surface area is 121 Å². The van der Waals surface area contributed by atoms with Crippen molar-refractivity contribution in [2.45, 2.75) is 13.3 Å². The van der Waals surface area contributed by atoms with Gasteiger partial charge < -0.3 is 5.32 Å². The van der Waals surface area contributed by atoms with E-state index in [1.807, 2.05) is 19.3 Å². The van der Waals surface area contributed by atoms with Crippen LogP contribution in [0.25, 0.3) is 22.9 Å². The van der Waals surface area contributed by atoms with E-state index < -0.39 is 0 Å². The summed E-state index contributed by atoms with van der Waals surface area (Å²) in [6.45, 7) is 2.95. The second kappa shape index (κ2) is 5.70. The van der Waals surface area contributed by atoms with Crippen molar-refractivity contribution < 1.29 is 0 Å². The number of H-pyrrole nitrogens is 1. The van der Waals surface area contributed by atoms with Gasteiger partial charge in [0.15, 0.2) is 11.6 Å². The molecule has 0 aliphatic heterocycles. The molecular formula is C13H16N8. The van der Waals surface area contributed by atoms with Crippen LogP contribution in [0.5, 0.6) is 0 Å². The molecule has 0 aliphatic rings. The van der Waals surface area contributed by atoms with Gasteiger partial charge in [-0.15, -0.1) is 0 Å². The fourth-order valence-electron chi connectivity index (χ4n) is 1.91. The monoisotopic (exact) mass is 284 g/mol. The number of rotatable bonds is 5. The zero-order valence-electron chi connectivity index (χ0n) is 11.9. The largest absolute Gasteiger partial charge is 0.370 e. The van der Waals surface area contributed by atoms with E-state index >= 15 is 0 Å². The van der Waals surface area contributed by atoms with E-state index in [1.165, 1.54) is 6.33 Å². The predicted octanol–water partition coefficient (Wildman–Crippen LogP) is 1.48. The molecule has 0 aromatic carbocycles. The fraction of sp³-hybridized carbons (Fsp3) is 0.308. The molecule has 2 N–H and O–H groups in total. The lowest BCUT2D eigenvalue weighted by molar-refractivity contribution is 0.768. The van der Waals surface area contributed by atoms with Gasteiger partial charge in [0.2, 0.25) is 0 Å². The molecule has 21 heavy (non-hydrogen) atoms. The normalized spacial score (nSPS) is 10.8. The molecule has 3 aromatic rings. The predicted molar refractivity (Wildman–Crippen MR) is 78.4 cm³/mol. The first-order valence-electron chi connectivity index (χ1n) is 6.74. The average Bonchev–Trinajstić information content (AvgIpc) is 3.16. The number of anilines is 1. The van der Waals surface area contributed by atoms with E-state index in [9.17, 15) is 0 Å². The van der Waals surface area contributed by atoms with Crippen LogP contribution in [0.2, 0.25) is 0 Å². The van der Waals surface area contributed by atoms with Gasteiger partial charge in [-0.3, -0.25) is 9.78 Å². The van der Waals surface area contributed by atoms with E-state index in [0.29, 0.717) is 11.6 Å². The summed E-state index contributed by atoms with van der Waals surface area (Å²) in [7, 11) is 1.87. The van der Waals surface area contributed by atoms with Crippen molar-refractivity contribution in [3.05, 3.63) is 24.8 Å². The first-order valence-corrected chi connectivity index (χ1v) is 6.74. The molecule has 0 bridgehead atoms. The number of aryl methyl sites for hydroxylation is 1. The summed E-state index contributed by atoms with van der Waals surface area (Å²) < 4.78 is 1.74. The Hall–Kier alpha value is -2.77. The van der Waals surface area contributed by atoms with Gasteiger partial charge >= 0.3 is 0 Å². The first kappa shape index (κ1) is 13.2. The van der Waals surface area contributed by atoms with Crippen LogP contribution in [0.1, 0.15) is 13.3 Å². The summed E-state index contributed by atoms with van der Waals surface area (Å²) in [5, 5.41) is 14.1. The van der Waals surface area contributed by atoms with Crippen LogP contribution in [0.15, 0.2) is 24.8 Å². The Morgan fingerprint density at radius 3 is 2.90 bits per heavy atom. The molecule has 8 nitrogen and oxygen atoms in total. The summed E-state index contributed by atoms with van der Waals surface area (Å²) in [6, 6.07) is 1.91. The molecule has 0 atom stereocenters. The summed E-state index contributed by atoms with van der Waals surface area (Å²) in [5.74, 6) is 1.81. The third-order valence-electron chi connectivity index (χ3n) is 2.91. The second-order valence-electron chi connectivity index (χ2n) is 4.63. The molecule has 3 heterocycles. The molecule has 0 fully saturated rings. The molecule has 0 unspecified atom stereocenters. The fourth-order valence-corrected chi connectivity index (χ4v) is 1.91. The highest BCUT2D eigenvalue weighted by molar-refractivity contribution is 5.64. The van der Waals surface area contributed by atoms with Crippen LogP contribution >= 0.6 is 0 Å². The molecule has 0 saturated heterocycles. The maximum Gasteiger partial charge on any atom is 0.199 e. The van der Waals surface area contributed by atoms with Crippen molar-refractivity contribution in [2.75, 3.05) is 11.9 Å². The van der Waals surface area contributed by atoms with Crippen molar-refractivity contribution in [1.29, 1.82) is 0 Å². The minimum absolute atomic E-state index is 0.507. The maximum absolute atomic E-state index is 4.53. The highest BCUT2D eigenvalue weighted by Gasteiger charge is 2.11. The Morgan fingerprint density at radius 1 is 1.33 bits per heavy atom. The minimum Gasteiger partial charge on any atom is -0.370 e. The number of hydrogen-bond acceptors (Lipinski definition) is 6. The van der Waals surface area contributed by atoms with Gasteiger partial charge in [0.25, 0.3) is 0 Å². The Bertz CT molecular complexity index is 716. The lowest BCUT2D eigenvalue weighted by Gasteiger charge is -2.07. The van der Waals surface area contributed by atoms with Gasteiger partial charge in [-0.05, 0) is 6.42 Å². The van der Waals surface area contributed by atoms with Crippen LogP contribution in [-0.4, -0.2) is 41.5 Å². The Morgan fingerprint density at radius 2 is 2.24 bits per heavy atom. The zero-order valence-corrected chi connectivity index (χ0v) is 11.9. The number of hydrogen-bond donors (Lipinski definition) is 2. The van der Waals surface area contributed by atoms with Gasteiger partial charge in [-0.2, -0.15) is 10.2 Å². The van der Waals surface area contributed by atoms with Crippen LogP contribution < -0.4 is 5.32 Å². The minimum atomic E-state index is 0.507. The topological polar surface area (TPSA) is 97.2 Å². The van der Waals surface area contributed by atoms with Crippen LogP contribution in [-0.2, 0) is 7.05 Å². The van der Waals surface area contributed by atoms with Crippen LogP contribution in [0.3, 0.4) is 0 Å². The summed E-state index contributed by atoms with van der Waals surface area (Å²) in [6.07, 6.45) is 6.14. The quantitative estimate of drug-likeness (QED) is 0.736. The van der Waals surface area contributed by atoms with E-state index in [-0.39, 0.29) is 0 Å². The average molecular weight is 284 g/mol. The Balaban J connectivity index is 2.04. The van der Waals surface area contributed by atoms with Crippen molar-refractivity contribution in [2.24, 2.45) is 7.05 Å². The van der Waals surface area contributed by atoms with Gasteiger partial charge in [0.1, 0.15) is 12.1 Å². The van der Waals surface area contributed by atoms with Crippen molar-refractivity contribution in [1.82, 2.24) is 34.9 Å². The lowest BCUT2D eigenvalue weighted by atomic mass is 10.2. The summed E-state index contributed by atoms with van der Waals surface area (Å²) in [4.78, 5) is 13.1. The molecular weight excluding hydrogens is 268 g/mol. The van der Waals surface area contributed by atoms with E-state index in [1.54, 1.807) is 10.9 Å². The molecule has 0 aliphatic carbocycles. The first-order chi connectivity index (χ1) is 10.3. The maximum atomic E-state index is 4.53. The second-order valence-corrected chi connectivity index (χ2v) is 4.63. The standard InChI is InChI=1S/C13H16N8/c1-3-4-14-11-5-10(9-6-17-21(2)7-9)18-13(19-11)12-15-8-16-20-12/h5-8H,3-4H2,1-2H3,(H,14,18,19)(H,15,16,20). The van der Waals surface area contributed by atoms with Crippen LogP contribution in [0, 0.1) is 0 Å². The third-order valence-corrected chi connectivity index (χ3v) is 2.91. The number of nitrogens with one attached hydrogen (secondary N) is 2. The number of aromatic amines is 1. The highest BCUT2D eigenvalue weighted by Crippen LogP contribution is 2.22. The summed E-state index contributed by atoms with van der Waals surface area (Å²) in [5.41, 5.74) is 1.73. The molecule has 0 amide bonds. The lowest BCUT2D eigenvalue weighted by Crippen LogP contribution is -2.04. The van der Waals surface area contributed by atoms with Gasteiger partial charge in [0.05, 0.1) is 11.9 Å². The molecule has 8 heteroatoms. The molecule has 0 radical (unpaired) electrons. The van der Waals surface area contributed by atoms with Gasteiger partial charge in [0, 0.05) is 31.4 Å². The van der Waals surface area contributed by atoms with Crippen LogP contribution in [0.4, 0.5) is 5.82 Å². The van der Waals surface area contributed by atoms with Gasteiger partial charge in [-0.25, -0.2) is 15.0 Å². The number of aromatic nitrogens is 7. The van der Waals surface area contributed by atoms with Crippen molar-refractivity contribution in [3.63, 3.8) is 0 Å². The van der Waals surface area contributed by atoms with Crippen molar-refractivity contribution >= 4 is 5.82 Å². The van der Waals surface area contributed by atoms with Crippen molar-refractivity contribution in [3.8, 4) is 22.9 Å². The SMILES string of the molecule is CCCNc1cc(-c2cnn(C)c2)nc(-c2ncn[nH]2)n1. The molecule has 3 rings (SSSR count).